The molecule has 0 radical (unpaired) electrons. The van der Waals surface area contributed by atoms with E-state index in [-0.39, 0.29) is 29.0 Å². The van der Waals surface area contributed by atoms with Crippen molar-refractivity contribution in [1.82, 2.24) is 4.90 Å². The van der Waals surface area contributed by atoms with Crippen LogP contribution in [0.1, 0.15) is 37.0 Å². The van der Waals surface area contributed by atoms with Gasteiger partial charge in [-0.1, -0.05) is 11.6 Å². The lowest BCUT2D eigenvalue weighted by atomic mass is 9.81. The summed E-state index contributed by atoms with van der Waals surface area (Å²) in [6, 6.07) is 3.69. The number of benzene rings is 1. The Morgan fingerprint density at radius 2 is 2.18 bits per heavy atom. The van der Waals surface area contributed by atoms with Gasteiger partial charge in [0.15, 0.2) is 0 Å². The van der Waals surface area contributed by atoms with Gasteiger partial charge in [-0.15, -0.1) is 0 Å². The van der Waals surface area contributed by atoms with E-state index in [4.69, 9.17) is 16.3 Å². The summed E-state index contributed by atoms with van der Waals surface area (Å²) >= 11 is 5.95. The zero-order valence-corrected chi connectivity index (χ0v) is 13.5. The number of piperidine rings is 1. The lowest BCUT2D eigenvalue weighted by Crippen LogP contribution is -2.49. The average Bonchev–Trinajstić information content (AvgIpc) is 2.47. The highest BCUT2D eigenvalue weighted by molar-refractivity contribution is 6.33. The molecule has 1 heterocycles. The molecule has 1 aliphatic rings. The topological polar surface area (TPSA) is 46.6 Å². The van der Waals surface area contributed by atoms with Crippen molar-refractivity contribution in [2.24, 2.45) is 5.41 Å². The Kier molecular flexibility index (Phi) is 5.06. The lowest BCUT2D eigenvalue weighted by Gasteiger charge is -2.38. The van der Waals surface area contributed by atoms with Crippen molar-refractivity contribution in [3.8, 4) is 0 Å². The predicted molar refractivity (Wildman–Crippen MR) is 81.3 cm³/mol. The number of carbonyl (C=O) groups excluding carboxylic acids is 2. The van der Waals surface area contributed by atoms with Crippen molar-refractivity contribution in [3.05, 3.63) is 34.6 Å². The largest absolute Gasteiger partial charge is 0.466 e. The van der Waals surface area contributed by atoms with Gasteiger partial charge in [0, 0.05) is 13.1 Å². The van der Waals surface area contributed by atoms with Gasteiger partial charge in [0.2, 0.25) is 0 Å². The van der Waals surface area contributed by atoms with Crippen LogP contribution >= 0.6 is 11.6 Å². The second kappa shape index (κ2) is 6.65. The molecule has 0 aromatic heterocycles. The van der Waals surface area contributed by atoms with E-state index in [0.717, 1.165) is 6.07 Å². The standard InChI is InChI=1S/C16H19ClFNO3/c1-3-22-15(21)16(2)7-4-8-19(10-16)14(20)12-6-5-11(18)9-13(12)17/h5-6,9H,3-4,7-8,10H2,1-2H3. The van der Waals surface area contributed by atoms with Gasteiger partial charge in [-0.2, -0.15) is 0 Å². The Morgan fingerprint density at radius 1 is 1.45 bits per heavy atom. The monoisotopic (exact) mass is 327 g/mol. The van der Waals surface area contributed by atoms with Gasteiger partial charge in [0.05, 0.1) is 22.6 Å². The van der Waals surface area contributed by atoms with Crippen LogP contribution in [0.3, 0.4) is 0 Å². The van der Waals surface area contributed by atoms with Crippen molar-refractivity contribution in [2.45, 2.75) is 26.7 Å². The molecular weight excluding hydrogens is 309 g/mol. The summed E-state index contributed by atoms with van der Waals surface area (Å²) in [5.41, 5.74) is -0.465. The Labute approximate surface area is 134 Å². The van der Waals surface area contributed by atoms with Crippen molar-refractivity contribution >= 4 is 23.5 Å². The van der Waals surface area contributed by atoms with Gasteiger partial charge in [-0.05, 0) is 44.9 Å². The lowest BCUT2D eigenvalue weighted by molar-refractivity contribution is -0.157. The first-order valence-corrected chi connectivity index (χ1v) is 7.67. The summed E-state index contributed by atoms with van der Waals surface area (Å²) in [4.78, 5) is 26.3. The second-order valence-electron chi connectivity index (χ2n) is 5.74. The van der Waals surface area contributed by atoms with E-state index >= 15 is 0 Å². The molecule has 1 fully saturated rings. The number of halogens is 2. The fourth-order valence-electron chi connectivity index (χ4n) is 2.72. The molecule has 1 aromatic rings. The zero-order valence-electron chi connectivity index (χ0n) is 12.7. The van der Waals surface area contributed by atoms with Crippen LogP contribution < -0.4 is 0 Å². The number of hydrogen-bond donors (Lipinski definition) is 0. The summed E-state index contributed by atoms with van der Waals surface area (Å²) in [6.45, 7) is 4.69. The molecule has 22 heavy (non-hydrogen) atoms. The summed E-state index contributed by atoms with van der Waals surface area (Å²) in [5, 5.41) is 0.0772. The molecule has 1 unspecified atom stereocenters. The minimum absolute atomic E-state index is 0.0772. The van der Waals surface area contributed by atoms with Gasteiger partial charge < -0.3 is 9.64 Å². The fourth-order valence-corrected chi connectivity index (χ4v) is 2.97. The van der Waals surface area contributed by atoms with Gasteiger partial charge in [0.25, 0.3) is 5.91 Å². The van der Waals surface area contributed by atoms with Crippen LogP contribution in [0.4, 0.5) is 4.39 Å². The predicted octanol–water partition coefficient (Wildman–Crippen LogP) is 3.28. The van der Waals surface area contributed by atoms with Crippen molar-refractivity contribution in [2.75, 3.05) is 19.7 Å². The maximum atomic E-state index is 13.1. The highest BCUT2D eigenvalue weighted by Gasteiger charge is 2.40. The van der Waals surface area contributed by atoms with Crippen LogP contribution in [0.25, 0.3) is 0 Å². The van der Waals surface area contributed by atoms with Gasteiger partial charge >= 0.3 is 5.97 Å². The minimum Gasteiger partial charge on any atom is -0.466 e. The molecular formula is C16H19ClFNO3. The number of nitrogens with zero attached hydrogens (tertiary/aromatic N) is 1. The average molecular weight is 328 g/mol. The van der Waals surface area contributed by atoms with Crippen molar-refractivity contribution in [3.63, 3.8) is 0 Å². The van der Waals surface area contributed by atoms with E-state index in [2.05, 4.69) is 0 Å². The molecule has 1 aliphatic heterocycles. The molecule has 0 N–H and O–H groups in total. The fraction of sp³-hybridized carbons (Fsp3) is 0.500. The molecule has 1 atom stereocenters. The maximum absolute atomic E-state index is 13.1. The Balaban J connectivity index is 2.18. The van der Waals surface area contributed by atoms with Crippen LogP contribution in [0.5, 0.6) is 0 Å². The third kappa shape index (κ3) is 3.40. The van der Waals surface area contributed by atoms with Crippen LogP contribution in [-0.4, -0.2) is 36.5 Å². The Hall–Kier alpha value is -1.62. The third-order valence-corrected chi connectivity index (χ3v) is 4.23. The number of ether oxygens (including phenoxy) is 1. The van der Waals surface area contributed by atoms with Gasteiger partial charge in [0.1, 0.15) is 5.82 Å². The Morgan fingerprint density at radius 3 is 2.82 bits per heavy atom. The molecule has 4 nitrogen and oxygen atoms in total. The molecule has 1 amide bonds. The molecule has 1 aromatic carbocycles. The number of carbonyl (C=O) groups is 2. The molecule has 120 valence electrons. The van der Waals surface area contributed by atoms with E-state index in [0.29, 0.717) is 26.0 Å². The molecule has 0 spiro atoms. The first kappa shape index (κ1) is 16.7. The normalized spacial score (nSPS) is 21.5. The summed E-state index contributed by atoms with van der Waals surface area (Å²) in [6.07, 6.45) is 1.38. The molecule has 0 bridgehead atoms. The van der Waals surface area contributed by atoms with Crippen LogP contribution in [0.15, 0.2) is 18.2 Å². The zero-order chi connectivity index (χ0) is 16.3. The minimum atomic E-state index is -0.712. The first-order valence-electron chi connectivity index (χ1n) is 7.29. The maximum Gasteiger partial charge on any atom is 0.313 e. The second-order valence-corrected chi connectivity index (χ2v) is 6.14. The van der Waals surface area contributed by atoms with Crippen molar-refractivity contribution in [1.29, 1.82) is 0 Å². The molecule has 0 saturated carbocycles. The number of rotatable bonds is 3. The van der Waals surface area contributed by atoms with E-state index in [9.17, 15) is 14.0 Å². The van der Waals surface area contributed by atoms with Crippen LogP contribution in [0, 0.1) is 11.2 Å². The smallest absolute Gasteiger partial charge is 0.313 e. The quantitative estimate of drug-likeness (QED) is 0.800. The highest BCUT2D eigenvalue weighted by Crippen LogP contribution is 2.32. The van der Waals surface area contributed by atoms with E-state index < -0.39 is 11.2 Å². The molecule has 0 aliphatic carbocycles. The summed E-state index contributed by atoms with van der Waals surface area (Å²) in [7, 11) is 0. The SMILES string of the molecule is CCOC(=O)C1(C)CCCN(C(=O)c2ccc(F)cc2Cl)C1. The number of esters is 1. The van der Waals surface area contributed by atoms with Crippen molar-refractivity contribution < 1.29 is 18.7 Å². The van der Waals surface area contributed by atoms with Gasteiger partial charge in [-0.25, -0.2) is 4.39 Å². The molecule has 2 rings (SSSR count). The number of amides is 1. The molecule has 1 saturated heterocycles. The summed E-state index contributed by atoms with van der Waals surface area (Å²) in [5.74, 6) is -1.07. The van der Waals surface area contributed by atoms with E-state index in [1.54, 1.807) is 18.7 Å². The van der Waals surface area contributed by atoms with Gasteiger partial charge in [-0.3, -0.25) is 9.59 Å². The number of hydrogen-bond acceptors (Lipinski definition) is 3. The number of likely N-dealkylation sites (tertiary alicyclic amines) is 1. The first-order chi connectivity index (χ1) is 10.4. The van der Waals surface area contributed by atoms with Crippen LogP contribution in [-0.2, 0) is 9.53 Å². The van der Waals surface area contributed by atoms with E-state index in [1.807, 2.05) is 0 Å². The summed E-state index contributed by atoms with van der Waals surface area (Å²) < 4.78 is 18.2. The molecule has 6 heteroatoms. The Bertz CT molecular complexity index is 593. The third-order valence-electron chi connectivity index (χ3n) is 3.91. The van der Waals surface area contributed by atoms with Crippen LogP contribution in [0.2, 0.25) is 5.02 Å². The highest BCUT2D eigenvalue weighted by atomic mass is 35.5. The van der Waals surface area contributed by atoms with E-state index in [1.165, 1.54) is 12.1 Å².